The highest BCUT2D eigenvalue weighted by Crippen LogP contribution is 2.64. The van der Waals surface area contributed by atoms with E-state index in [9.17, 15) is 0 Å². The number of anilines is 3. The van der Waals surface area contributed by atoms with E-state index in [-0.39, 0.29) is 0 Å². The number of para-hydroxylation sites is 2. The fraction of sp³-hybridized carbons (Fsp3) is 0.0286. The average Bonchev–Trinajstić information content (AvgIpc) is 3.92. The van der Waals surface area contributed by atoms with Crippen LogP contribution in [0, 0.1) is 0 Å². The molecule has 12 aromatic carbocycles. The molecule has 1 spiro atoms. The lowest BCUT2D eigenvalue weighted by molar-refractivity contribution is 0.447. The number of nitrogens with zero attached hydrogens (tertiary/aromatic N) is 1. The summed E-state index contributed by atoms with van der Waals surface area (Å²) in [6.07, 6.45) is 0. The first kappa shape index (κ1) is 40.6. The summed E-state index contributed by atoms with van der Waals surface area (Å²) < 4.78 is 7.23. The van der Waals surface area contributed by atoms with E-state index in [1.165, 1.54) is 66.8 Å². The van der Waals surface area contributed by atoms with Gasteiger partial charge in [-0.25, -0.2) is 0 Å². The molecule has 336 valence electrons. The van der Waals surface area contributed by atoms with E-state index in [1.807, 2.05) is 0 Å². The molecule has 2 nitrogen and oxygen atoms in total. The summed E-state index contributed by atoms with van der Waals surface area (Å²) in [6.45, 7) is 0. The van der Waals surface area contributed by atoms with Gasteiger partial charge in [-0.05, 0) is 108 Å². The fourth-order valence-electron chi connectivity index (χ4n) is 13.1. The highest BCUT2D eigenvalue weighted by atomic mass is 16.5. The van der Waals surface area contributed by atoms with Crippen molar-refractivity contribution in [2.24, 2.45) is 0 Å². The van der Waals surface area contributed by atoms with Crippen molar-refractivity contribution in [2.45, 2.75) is 10.8 Å². The van der Waals surface area contributed by atoms with E-state index in [2.05, 4.69) is 278 Å². The Labute approximate surface area is 419 Å². The van der Waals surface area contributed by atoms with Crippen molar-refractivity contribution < 1.29 is 4.74 Å². The second kappa shape index (κ2) is 15.6. The summed E-state index contributed by atoms with van der Waals surface area (Å²) in [5, 5.41) is 4.56. The van der Waals surface area contributed by atoms with Gasteiger partial charge in [0.15, 0.2) is 0 Å². The molecule has 3 aliphatic rings. The highest BCUT2D eigenvalue weighted by Gasteiger charge is 2.52. The van der Waals surface area contributed by atoms with E-state index in [0.717, 1.165) is 61.2 Å². The van der Waals surface area contributed by atoms with Crippen LogP contribution in [-0.4, -0.2) is 0 Å². The molecule has 1 aliphatic heterocycles. The van der Waals surface area contributed by atoms with Gasteiger partial charge in [0.25, 0.3) is 0 Å². The van der Waals surface area contributed by atoms with Crippen LogP contribution in [-0.2, 0) is 10.8 Å². The van der Waals surface area contributed by atoms with Gasteiger partial charge in [-0.2, -0.15) is 0 Å². The average molecular weight is 916 g/mol. The third-order valence-electron chi connectivity index (χ3n) is 16.0. The maximum Gasteiger partial charge on any atom is 0.140 e. The van der Waals surface area contributed by atoms with Crippen molar-refractivity contribution in [3.8, 4) is 44.9 Å². The smallest absolute Gasteiger partial charge is 0.140 e. The van der Waals surface area contributed by atoms with E-state index in [0.29, 0.717) is 0 Å². The molecule has 15 rings (SSSR count). The molecule has 12 aromatic rings. The van der Waals surface area contributed by atoms with Crippen LogP contribution in [0.2, 0.25) is 0 Å². The van der Waals surface area contributed by atoms with Crippen molar-refractivity contribution in [3.63, 3.8) is 0 Å². The van der Waals surface area contributed by atoms with Gasteiger partial charge in [-0.15, -0.1) is 0 Å². The van der Waals surface area contributed by atoms with Crippen LogP contribution in [0.1, 0.15) is 44.5 Å². The summed E-state index contributed by atoms with van der Waals surface area (Å²) in [5.41, 5.74) is 19.5. The van der Waals surface area contributed by atoms with E-state index < -0.39 is 10.8 Å². The molecular formula is C70H45NO. The first-order valence-electron chi connectivity index (χ1n) is 25.0. The lowest BCUT2D eigenvalue weighted by Crippen LogP contribution is -2.32. The minimum absolute atomic E-state index is 0.480. The van der Waals surface area contributed by atoms with Crippen LogP contribution in [0.3, 0.4) is 0 Å². The van der Waals surface area contributed by atoms with Gasteiger partial charge in [0.05, 0.1) is 16.5 Å². The Morgan fingerprint density at radius 3 is 1.32 bits per heavy atom. The molecule has 0 amide bonds. The molecule has 2 aliphatic carbocycles. The SMILES string of the molecule is c1ccc(N(c2ccc(C3(c4ccccc4)c4ccccc4-c4ccccc43)cc2)c2ccccc2-c2ccc3c(c2)-c2ccccc2C32c3ccc4ccccc4c3Oc3c2ccc2ccccc32)cc1. The normalized spacial score (nSPS) is 13.9. The van der Waals surface area contributed by atoms with Gasteiger partial charge in [-0.1, -0.05) is 237 Å². The quantitative estimate of drug-likeness (QED) is 0.165. The van der Waals surface area contributed by atoms with Gasteiger partial charge < -0.3 is 9.64 Å². The first-order valence-corrected chi connectivity index (χ1v) is 25.0. The minimum Gasteiger partial charge on any atom is -0.455 e. The largest absolute Gasteiger partial charge is 0.455 e. The summed E-state index contributed by atoms with van der Waals surface area (Å²) in [5.74, 6) is 1.85. The topological polar surface area (TPSA) is 12.5 Å². The van der Waals surface area contributed by atoms with Crippen molar-refractivity contribution >= 4 is 38.6 Å². The molecule has 0 saturated carbocycles. The van der Waals surface area contributed by atoms with Crippen LogP contribution in [0.5, 0.6) is 11.5 Å². The van der Waals surface area contributed by atoms with Crippen LogP contribution in [0.4, 0.5) is 17.1 Å². The molecule has 72 heavy (non-hydrogen) atoms. The Kier molecular flexibility index (Phi) is 8.82. The number of ether oxygens (including phenoxy) is 1. The van der Waals surface area contributed by atoms with E-state index in [4.69, 9.17) is 4.74 Å². The number of rotatable bonds is 6. The summed E-state index contributed by atoms with van der Waals surface area (Å²) in [6, 6.07) is 101. The van der Waals surface area contributed by atoms with Crippen LogP contribution >= 0.6 is 0 Å². The van der Waals surface area contributed by atoms with Gasteiger partial charge >= 0.3 is 0 Å². The zero-order chi connectivity index (χ0) is 47.4. The molecule has 2 heteroatoms. The van der Waals surface area contributed by atoms with Crippen LogP contribution < -0.4 is 9.64 Å². The van der Waals surface area contributed by atoms with Gasteiger partial charge in [0.2, 0.25) is 0 Å². The second-order valence-electron chi connectivity index (χ2n) is 19.4. The molecule has 0 saturated heterocycles. The predicted octanol–water partition coefficient (Wildman–Crippen LogP) is 18.0. The predicted molar refractivity (Wildman–Crippen MR) is 296 cm³/mol. The number of benzene rings is 12. The Morgan fingerprint density at radius 1 is 0.278 bits per heavy atom. The maximum absolute atomic E-state index is 7.23. The number of hydrogen-bond donors (Lipinski definition) is 0. The van der Waals surface area contributed by atoms with Gasteiger partial charge in [0.1, 0.15) is 11.5 Å². The second-order valence-corrected chi connectivity index (χ2v) is 19.4. The molecule has 1 heterocycles. The molecular weight excluding hydrogens is 871 g/mol. The number of hydrogen-bond acceptors (Lipinski definition) is 2. The Morgan fingerprint density at radius 2 is 0.708 bits per heavy atom. The molecule has 0 bridgehead atoms. The lowest BCUT2D eigenvalue weighted by atomic mass is 9.65. The zero-order valence-electron chi connectivity index (χ0n) is 39.3. The third kappa shape index (κ3) is 5.55. The van der Waals surface area contributed by atoms with Crippen molar-refractivity contribution in [1.82, 2.24) is 0 Å². The number of fused-ring (bicyclic) bond motifs is 16. The van der Waals surface area contributed by atoms with Crippen LogP contribution in [0.25, 0.3) is 54.9 Å². The standard InChI is InChI=1S/C70H45NO/c1-3-21-49(22-4-1)69(60-31-15-11-28-56(60)57-29-12-16-32-61(57)69)50-38-40-52(41-39-50)71(51-23-5-2-6-24-51)66-34-18-14-25-53(66)48-37-42-63-59(45-48)58-30-13-17-33-62(58)70(63)64-43-35-46-19-7-9-26-54(46)67(64)72-68-55-27-10-8-20-47(55)36-44-65(68)70/h1-45H. The summed E-state index contributed by atoms with van der Waals surface area (Å²) >= 11 is 0. The van der Waals surface area contributed by atoms with E-state index in [1.54, 1.807) is 0 Å². The minimum atomic E-state index is -0.615. The van der Waals surface area contributed by atoms with Crippen molar-refractivity contribution in [1.29, 1.82) is 0 Å². The summed E-state index contributed by atoms with van der Waals surface area (Å²) in [7, 11) is 0. The highest BCUT2D eigenvalue weighted by molar-refractivity contribution is 6.01. The first-order chi connectivity index (χ1) is 35.7. The van der Waals surface area contributed by atoms with Gasteiger partial charge in [0, 0.05) is 38.8 Å². The van der Waals surface area contributed by atoms with Crippen LogP contribution in [0.15, 0.2) is 273 Å². The van der Waals surface area contributed by atoms with Gasteiger partial charge in [-0.3, -0.25) is 0 Å². The Balaban J connectivity index is 0.916. The Bertz CT molecular complexity index is 4000. The monoisotopic (exact) mass is 915 g/mol. The molecule has 0 N–H and O–H groups in total. The zero-order valence-corrected chi connectivity index (χ0v) is 39.3. The maximum atomic E-state index is 7.23. The molecule has 0 fully saturated rings. The molecule has 0 radical (unpaired) electrons. The van der Waals surface area contributed by atoms with Crippen molar-refractivity contribution in [2.75, 3.05) is 4.90 Å². The fourth-order valence-corrected chi connectivity index (χ4v) is 13.1. The third-order valence-corrected chi connectivity index (χ3v) is 16.0. The molecule has 0 aromatic heterocycles. The molecule has 0 unspecified atom stereocenters. The lowest BCUT2D eigenvalue weighted by Gasteiger charge is -2.40. The van der Waals surface area contributed by atoms with Crippen molar-refractivity contribution in [3.05, 3.63) is 317 Å². The Hall–Kier alpha value is -9.24. The summed E-state index contributed by atoms with van der Waals surface area (Å²) in [4.78, 5) is 2.43. The molecule has 0 atom stereocenters. The van der Waals surface area contributed by atoms with E-state index >= 15 is 0 Å².